The third-order valence-corrected chi connectivity index (χ3v) is 2.13. The highest BCUT2D eigenvalue weighted by Gasteiger charge is 2.14. The summed E-state index contributed by atoms with van der Waals surface area (Å²) in [7, 11) is 0. The Balaban J connectivity index is 2.53. The molecule has 0 fully saturated rings. The standard InChI is InChI=1S/C8H7BrFNO/c9-5-3-6(10)8-7(4-5)11-1-2-12-8/h3-4,11H,1-2H2. The number of anilines is 1. The zero-order valence-electron chi connectivity index (χ0n) is 6.23. The third kappa shape index (κ3) is 1.27. The van der Waals surface area contributed by atoms with Gasteiger partial charge in [-0.25, -0.2) is 4.39 Å². The highest BCUT2D eigenvalue weighted by Crippen LogP contribution is 2.33. The number of rotatable bonds is 0. The molecule has 0 amide bonds. The van der Waals surface area contributed by atoms with Crippen LogP contribution >= 0.6 is 15.9 Å². The predicted octanol–water partition coefficient (Wildman–Crippen LogP) is 2.39. The van der Waals surface area contributed by atoms with Gasteiger partial charge in [-0.3, -0.25) is 0 Å². The molecule has 1 N–H and O–H groups in total. The highest BCUT2D eigenvalue weighted by molar-refractivity contribution is 9.10. The number of halogens is 2. The topological polar surface area (TPSA) is 21.3 Å². The Morgan fingerprint density at radius 1 is 1.50 bits per heavy atom. The van der Waals surface area contributed by atoms with Crippen molar-refractivity contribution in [1.82, 2.24) is 0 Å². The fourth-order valence-electron chi connectivity index (χ4n) is 1.18. The van der Waals surface area contributed by atoms with Crippen LogP contribution in [0.3, 0.4) is 0 Å². The molecule has 1 aliphatic heterocycles. The molecule has 2 rings (SSSR count). The van der Waals surface area contributed by atoms with Gasteiger partial charge in [0.1, 0.15) is 6.61 Å². The van der Waals surface area contributed by atoms with Gasteiger partial charge >= 0.3 is 0 Å². The van der Waals surface area contributed by atoms with Gasteiger partial charge in [-0.05, 0) is 12.1 Å². The van der Waals surface area contributed by atoms with Crippen molar-refractivity contribution in [3.63, 3.8) is 0 Å². The van der Waals surface area contributed by atoms with Crippen molar-refractivity contribution in [2.24, 2.45) is 0 Å². The summed E-state index contributed by atoms with van der Waals surface area (Å²) in [6, 6.07) is 3.20. The summed E-state index contributed by atoms with van der Waals surface area (Å²) < 4.78 is 19.0. The van der Waals surface area contributed by atoms with Crippen LogP contribution in [-0.2, 0) is 0 Å². The van der Waals surface area contributed by atoms with Crippen LogP contribution in [0.1, 0.15) is 0 Å². The Morgan fingerprint density at radius 3 is 3.17 bits per heavy atom. The van der Waals surface area contributed by atoms with Gasteiger partial charge in [-0.1, -0.05) is 15.9 Å². The molecule has 1 aromatic carbocycles. The van der Waals surface area contributed by atoms with E-state index in [1.165, 1.54) is 6.07 Å². The van der Waals surface area contributed by atoms with E-state index in [1.807, 2.05) is 0 Å². The summed E-state index contributed by atoms with van der Waals surface area (Å²) in [6.45, 7) is 1.24. The first-order valence-corrected chi connectivity index (χ1v) is 4.42. The van der Waals surface area contributed by atoms with Crippen LogP contribution in [0.25, 0.3) is 0 Å². The van der Waals surface area contributed by atoms with E-state index in [-0.39, 0.29) is 5.82 Å². The molecule has 0 unspecified atom stereocenters. The molecule has 0 bridgehead atoms. The number of ether oxygens (including phenoxy) is 1. The molecule has 12 heavy (non-hydrogen) atoms. The third-order valence-electron chi connectivity index (χ3n) is 1.67. The molecule has 0 saturated carbocycles. The molecule has 1 heterocycles. The van der Waals surface area contributed by atoms with E-state index >= 15 is 0 Å². The van der Waals surface area contributed by atoms with E-state index in [9.17, 15) is 4.39 Å². The molecule has 0 saturated heterocycles. The van der Waals surface area contributed by atoms with Gasteiger partial charge in [0.05, 0.1) is 5.69 Å². The van der Waals surface area contributed by atoms with Gasteiger partial charge in [0.15, 0.2) is 11.6 Å². The largest absolute Gasteiger partial charge is 0.486 e. The van der Waals surface area contributed by atoms with E-state index in [0.717, 1.165) is 11.0 Å². The summed E-state index contributed by atoms with van der Waals surface area (Å²) in [5.74, 6) is -0.00368. The summed E-state index contributed by atoms with van der Waals surface area (Å²) in [4.78, 5) is 0. The minimum Gasteiger partial charge on any atom is -0.486 e. The van der Waals surface area contributed by atoms with Crippen molar-refractivity contribution in [2.75, 3.05) is 18.5 Å². The molecule has 2 nitrogen and oxygen atoms in total. The summed E-state index contributed by atoms with van der Waals surface area (Å²) >= 11 is 3.21. The van der Waals surface area contributed by atoms with Crippen molar-refractivity contribution in [3.8, 4) is 5.75 Å². The van der Waals surface area contributed by atoms with Crippen LogP contribution in [0, 0.1) is 5.82 Å². The Hall–Kier alpha value is -0.770. The fraction of sp³-hybridized carbons (Fsp3) is 0.250. The Labute approximate surface area is 77.9 Å². The minimum absolute atomic E-state index is 0.324. The summed E-state index contributed by atoms with van der Waals surface area (Å²) in [5.41, 5.74) is 0.716. The van der Waals surface area contributed by atoms with E-state index in [1.54, 1.807) is 6.07 Å². The average Bonchev–Trinajstić information content (AvgIpc) is 2.04. The van der Waals surface area contributed by atoms with Crippen LogP contribution in [-0.4, -0.2) is 13.2 Å². The molecule has 0 aromatic heterocycles. The number of hydrogen-bond acceptors (Lipinski definition) is 2. The van der Waals surface area contributed by atoms with Gasteiger partial charge < -0.3 is 10.1 Å². The average molecular weight is 232 g/mol. The lowest BCUT2D eigenvalue weighted by Crippen LogP contribution is -2.18. The van der Waals surface area contributed by atoms with E-state index in [0.29, 0.717) is 18.0 Å². The van der Waals surface area contributed by atoms with Crippen molar-refractivity contribution in [1.29, 1.82) is 0 Å². The first kappa shape index (κ1) is 7.86. The molecular weight excluding hydrogens is 225 g/mol. The van der Waals surface area contributed by atoms with Gasteiger partial charge in [0.2, 0.25) is 0 Å². The summed E-state index contributed by atoms with van der Waals surface area (Å²) in [5, 5.41) is 3.05. The fourth-order valence-corrected chi connectivity index (χ4v) is 1.61. The molecule has 4 heteroatoms. The second-order valence-electron chi connectivity index (χ2n) is 2.54. The van der Waals surface area contributed by atoms with Gasteiger partial charge in [0, 0.05) is 11.0 Å². The lowest BCUT2D eigenvalue weighted by Gasteiger charge is -2.19. The quantitative estimate of drug-likeness (QED) is 0.741. The van der Waals surface area contributed by atoms with Gasteiger partial charge in [-0.2, -0.15) is 0 Å². The maximum atomic E-state index is 13.1. The molecule has 0 atom stereocenters. The molecule has 0 spiro atoms. The van der Waals surface area contributed by atoms with Crippen molar-refractivity contribution >= 4 is 21.6 Å². The van der Waals surface area contributed by atoms with E-state index in [2.05, 4.69) is 21.2 Å². The predicted molar refractivity (Wildman–Crippen MR) is 48.1 cm³/mol. The van der Waals surface area contributed by atoms with Gasteiger partial charge in [0.25, 0.3) is 0 Å². The zero-order valence-corrected chi connectivity index (χ0v) is 7.82. The summed E-state index contributed by atoms with van der Waals surface area (Å²) in [6.07, 6.45) is 0. The van der Waals surface area contributed by atoms with Crippen LogP contribution in [0.4, 0.5) is 10.1 Å². The van der Waals surface area contributed by atoms with E-state index < -0.39 is 0 Å². The maximum absolute atomic E-state index is 13.1. The maximum Gasteiger partial charge on any atom is 0.178 e. The molecular formula is C8H7BrFNO. The van der Waals surface area contributed by atoms with Crippen LogP contribution in [0.15, 0.2) is 16.6 Å². The molecule has 1 aromatic rings. The lowest BCUT2D eigenvalue weighted by molar-refractivity contribution is 0.306. The SMILES string of the molecule is Fc1cc(Br)cc2c1OCCN2. The number of fused-ring (bicyclic) bond motifs is 1. The Bertz CT molecular complexity index is 316. The highest BCUT2D eigenvalue weighted by atomic mass is 79.9. The lowest BCUT2D eigenvalue weighted by atomic mass is 10.2. The number of hydrogen-bond donors (Lipinski definition) is 1. The van der Waals surface area contributed by atoms with Gasteiger partial charge in [-0.15, -0.1) is 0 Å². The first-order chi connectivity index (χ1) is 5.77. The van der Waals surface area contributed by atoms with Crippen LogP contribution in [0.5, 0.6) is 5.75 Å². The monoisotopic (exact) mass is 231 g/mol. The van der Waals surface area contributed by atoms with Crippen LogP contribution in [0.2, 0.25) is 0 Å². The Kier molecular flexibility index (Phi) is 1.92. The first-order valence-electron chi connectivity index (χ1n) is 3.63. The smallest absolute Gasteiger partial charge is 0.178 e. The van der Waals surface area contributed by atoms with E-state index in [4.69, 9.17) is 4.74 Å². The second-order valence-corrected chi connectivity index (χ2v) is 3.46. The molecule has 0 radical (unpaired) electrons. The van der Waals surface area contributed by atoms with Crippen molar-refractivity contribution < 1.29 is 9.13 Å². The molecule has 1 aliphatic rings. The molecule has 64 valence electrons. The normalized spacial score (nSPS) is 14.5. The second kappa shape index (κ2) is 2.94. The van der Waals surface area contributed by atoms with Crippen molar-refractivity contribution in [2.45, 2.75) is 0 Å². The Morgan fingerprint density at radius 2 is 2.33 bits per heavy atom. The van der Waals surface area contributed by atoms with Crippen LogP contribution < -0.4 is 10.1 Å². The minimum atomic E-state index is -0.327. The molecule has 0 aliphatic carbocycles. The van der Waals surface area contributed by atoms with Crippen molar-refractivity contribution in [3.05, 3.63) is 22.4 Å². The zero-order chi connectivity index (χ0) is 8.55. The number of nitrogens with one attached hydrogen (secondary N) is 1. The number of benzene rings is 1.